The summed E-state index contributed by atoms with van der Waals surface area (Å²) in [5, 5.41) is 3.58. The maximum Gasteiger partial charge on any atom is 0.146 e. The van der Waals surface area contributed by atoms with E-state index in [0.717, 1.165) is 5.56 Å². The van der Waals surface area contributed by atoms with Crippen LogP contribution >= 0.6 is 11.6 Å². The molecule has 0 radical (unpaired) electrons. The fraction of sp³-hybridized carbons (Fsp3) is 0.143. The van der Waals surface area contributed by atoms with Gasteiger partial charge in [-0.25, -0.2) is 4.39 Å². The van der Waals surface area contributed by atoms with E-state index in [0.29, 0.717) is 17.3 Å². The average molecular weight is 250 g/mol. The Morgan fingerprint density at radius 1 is 1.18 bits per heavy atom. The minimum absolute atomic E-state index is 0.289. The van der Waals surface area contributed by atoms with Gasteiger partial charge in [-0.1, -0.05) is 35.9 Å². The maximum absolute atomic E-state index is 13.5. The van der Waals surface area contributed by atoms with Crippen molar-refractivity contribution in [2.75, 3.05) is 5.32 Å². The summed E-state index contributed by atoms with van der Waals surface area (Å²) >= 11 is 5.82. The van der Waals surface area contributed by atoms with Crippen molar-refractivity contribution in [3.05, 3.63) is 64.4 Å². The van der Waals surface area contributed by atoms with Crippen molar-refractivity contribution < 1.29 is 4.39 Å². The molecule has 0 atom stereocenters. The molecule has 0 heterocycles. The normalized spacial score (nSPS) is 10.3. The first kappa shape index (κ1) is 11.9. The molecule has 88 valence electrons. The van der Waals surface area contributed by atoms with Crippen LogP contribution in [-0.2, 0) is 6.54 Å². The molecule has 0 aliphatic heterocycles. The molecular weight excluding hydrogens is 237 g/mol. The van der Waals surface area contributed by atoms with Crippen LogP contribution in [0.25, 0.3) is 0 Å². The van der Waals surface area contributed by atoms with Gasteiger partial charge >= 0.3 is 0 Å². The van der Waals surface area contributed by atoms with Crippen LogP contribution in [0.15, 0.2) is 42.5 Å². The van der Waals surface area contributed by atoms with Gasteiger partial charge in [0.2, 0.25) is 0 Å². The molecule has 0 aliphatic rings. The minimum Gasteiger partial charge on any atom is -0.379 e. The van der Waals surface area contributed by atoms with E-state index in [1.54, 1.807) is 6.07 Å². The van der Waals surface area contributed by atoms with Gasteiger partial charge in [-0.3, -0.25) is 0 Å². The first-order chi connectivity index (χ1) is 8.16. The SMILES string of the molecule is Cc1ccccc1CNc1cc(Cl)ccc1F. The van der Waals surface area contributed by atoms with Crippen molar-refractivity contribution in [2.24, 2.45) is 0 Å². The summed E-state index contributed by atoms with van der Waals surface area (Å²) in [6.45, 7) is 2.62. The summed E-state index contributed by atoms with van der Waals surface area (Å²) in [4.78, 5) is 0. The lowest BCUT2D eigenvalue weighted by molar-refractivity contribution is 0.630. The van der Waals surface area contributed by atoms with Crippen LogP contribution in [0, 0.1) is 12.7 Å². The van der Waals surface area contributed by atoms with E-state index in [9.17, 15) is 4.39 Å². The van der Waals surface area contributed by atoms with Gasteiger partial charge in [-0.2, -0.15) is 0 Å². The molecule has 0 bridgehead atoms. The number of hydrogen-bond acceptors (Lipinski definition) is 1. The van der Waals surface area contributed by atoms with Gasteiger partial charge in [0, 0.05) is 11.6 Å². The van der Waals surface area contributed by atoms with Crippen LogP contribution in [0.4, 0.5) is 10.1 Å². The van der Waals surface area contributed by atoms with E-state index in [1.165, 1.54) is 17.7 Å². The molecule has 0 unspecified atom stereocenters. The summed E-state index contributed by atoms with van der Waals surface area (Å²) in [5.74, 6) is -0.289. The van der Waals surface area contributed by atoms with Gasteiger partial charge in [0.1, 0.15) is 5.82 Å². The molecule has 0 spiro atoms. The van der Waals surface area contributed by atoms with Crippen LogP contribution in [0.5, 0.6) is 0 Å². The van der Waals surface area contributed by atoms with Crippen molar-refractivity contribution in [3.8, 4) is 0 Å². The van der Waals surface area contributed by atoms with Crippen LogP contribution in [-0.4, -0.2) is 0 Å². The number of nitrogens with one attached hydrogen (secondary N) is 1. The van der Waals surface area contributed by atoms with Crippen LogP contribution in [0.1, 0.15) is 11.1 Å². The average Bonchev–Trinajstić information content (AvgIpc) is 2.32. The van der Waals surface area contributed by atoms with Crippen molar-refractivity contribution in [1.29, 1.82) is 0 Å². The second-order valence-electron chi connectivity index (χ2n) is 3.90. The second kappa shape index (κ2) is 5.19. The summed E-state index contributed by atoms with van der Waals surface area (Å²) in [6.07, 6.45) is 0. The third-order valence-corrected chi connectivity index (χ3v) is 2.89. The van der Waals surface area contributed by atoms with Gasteiger partial charge < -0.3 is 5.32 Å². The predicted octanol–water partition coefficient (Wildman–Crippen LogP) is 4.40. The highest BCUT2D eigenvalue weighted by atomic mass is 35.5. The highest BCUT2D eigenvalue weighted by Crippen LogP contribution is 2.20. The smallest absolute Gasteiger partial charge is 0.146 e. The zero-order chi connectivity index (χ0) is 12.3. The Morgan fingerprint density at radius 2 is 1.94 bits per heavy atom. The molecule has 2 rings (SSSR count). The molecule has 1 nitrogen and oxygen atoms in total. The lowest BCUT2D eigenvalue weighted by Crippen LogP contribution is -2.02. The topological polar surface area (TPSA) is 12.0 Å². The Morgan fingerprint density at radius 3 is 2.71 bits per heavy atom. The summed E-state index contributed by atoms with van der Waals surface area (Å²) in [7, 11) is 0. The van der Waals surface area contributed by atoms with Crippen molar-refractivity contribution >= 4 is 17.3 Å². The summed E-state index contributed by atoms with van der Waals surface area (Å²) in [6, 6.07) is 12.5. The Kier molecular flexibility index (Phi) is 3.64. The number of hydrogen-bond donors (Lipinski definition) is 1. The van der Waals surface area contributed by atoms with E-state index in [1.807, 2.05) is 31.2 Å². The van der Waals surface area contributed by atoms with Gasteiger partial charge in [0.25, 0.3) is 0 Å². The molecule has 0 aromatic heterocycles. The van der Waals surface area contributed by atoms with Crippen LogP contribution < -0.4 is 5.32 Å². The lowest BCUT2D eigenvalue weighted by Gasteiger charge is -2.10. The van der Waals surface area contributed by atoms with E-state index in [4.69, 9.17) is 11.6 Å². The highest BCUT2D eigenvalue weighted by Gasteiger charge is 2.03. The molecule has 0 saturated heterocycles. The van der Waals surface area contributed by atoms with E-state index in [2.05, 4.69) is 5.32 Å². The fourth-order valence-electron chi connectivity index (χ4n) is 1.63. The van der Waals surface area contributed by atoms with Gasteiger partial charge in [0.15, 0.2) is 0 Å². The largest absolute Gasteiger partial charge is 0.379 e. The van der Waals surface area contributed by atoms with E-state index >= 15 is 0 Å². The Hall–Kier alpha value is -1.54. The Bertz CT molecular complexity index is 525. The number of rotatable bonds is 3. The number of aryl methyl sites for hydroxylation is 1. The number of benzene rings is 2. The van der Waals surface area contributed by atoms with Gasteiger partial charge in [0.05, 0.1) is 5.69 Å². The molecule has 17 heavy (non-hydrogen) atoms. The van der Waals surface area contributed by atoms with Crippen molar-refractivity contribution in [1.82, 2.24) is 0 Å². The first-order valence-corrected chi connectivity index (χ1v) is 5.78. The summed E-state index contributed by atoms with van der Waals surface area (Å²) < 4.78 is 13.5. The van der Waals surface area contributed by atoms with Gasteiger partial charge in [-0.15, -0.1) is 0 Å². The summed E-state index contributed by atoms with van der Waals surface area (Å²) in [5.41, 5.74) is 2.76. The second-order valence-corrected chi connectivity index (χ2v) is 4.34. The third kappa shape index (κ3) is 2.98. The molecule has 2 aromatic carbocycles. The quantitative estimate of drug-likeness (QED) is 0.850. The Balaban J connectivity index is 2.12. The third-order valence-electron chi connectivity index (χ3n) is 2.66. The Labute approximate surface area is 105 Å². The zero-order valence-corrected chi connectivity index (χ0v) is 10.3. The molecule has 0 amide bonds. The molecular formula is C14H13ClFN. The van der Waals surface area contributed by atoms with E-state index < -0.39 is 0 Å². The first-order valence-electron chi connectivity index (χ1n) is 5.40. The fourth-order valence-corrected chi connectivity index (χ4v) is 1.80. The standard InChI is InChI=1S/C14H13ClFN/c1-10-4-2-3-5-11(10)9-17-14-8-12(15)6-7-13(14)16/h2-8,17H,9H2,1H3. The maximum atomic E-state index is 13.5. The molecule has 0 aliphatic carbocycles. The molecule has 0 saturated carbocycles. The molecule has 2 aromatic rings. The highest BCUT2D eigenvalue weighted by molar-refractivity contribution is 6.30. The number of halogens is 2. The minimum atomic E-state index is -0.289. The zero-order valence-electron chi connectivity index (χ0n) is 9.50. The predicted molar refractivity (Wildman–Crippen MR) is 69.9 cm³/mol. The van der Waals surface area contributed by atoms with Gasteiger partial charge in [-0.05, 0) is 36.2 Å². The number of anilines is 1. The lowest BCUT2D eigenvalue weighted by atomic mass is 10.1. The van der Waals surface area contributed by atoms with Crippen LogP contribution in [0.2, 0.25) is 5.02 Å². The molecule has 3 heteroatoms. The molecule has 0 fully saturated rings. The van der Waals surface area contributed by atoms with Crippen LogP contribution in [0.3, 0.4) is 0 Å². The van der Waals surface area contributed by atoms with E-state index in [-0.39, 0.29) is 5.82 Å². The monoisotopic (exact) mass is 249 g/mol. The van der Waals surface area contributed by atoms with Crippen molar-refractivity contribution in [2.45, 2.75) is 13.5 Å². The molecule has 1 N–H and O–H groups in total. The van der Waals surface area contributed by atoms with Crippen molar-refractivity contribution in [3.63, 3.8) is 0 Å².